The SMILES string of the molecule is CC(=O)O.CSC(=N)N. The van der Waals surface area contributed by atoms with Crippen molar-refractivity contribution in [1.82, 2.24) is 0 Å². The lowest BCUT2D eigenvalue weighted by atomic mass is 10.9. The van der Waals surface area contributed by atoms with E-state index in [9.17, 15) is 0 Å². The van der Waals surface area contributed by atoms with Crippen molar-refractivity contribution < 1.29 is 9.90 Å². The summed E-state index contributed by atoms with van der Waals surface area (Å²) in [6, 6.07) is 0. The Morgan fingerprint density at radius 1 is 1.78 bits per heavy atom. The first-order chi connectivity index (χ1) is 4.00. The van der Waals surface area contributed by atoms with Gasteiger partial charge in [-0.15, -0.1) is 0 Å². The molecule has 54 valence electrons. The van der Waals surface area contributed by atoms with Gasteiger partial charge in [-0.1, -0.05) is 11.8 Å². The van der Waals surface area contributed by atoms with Crippen LogP contribution in [0.2, 0.25) is 0 Å². The molecule has 0 aliphatic carbocycles. The Morgan fingerprint density at radius 2 is 1.89 bits per heavy atom. The fourth-order valence-electron chi connectivity index (χ4n) is 0. The van der Waals surface area contributed by atoms with Crippen molar-refractivity contribution in [3.63, 3.8) is 0 Å². The standard InChI is InChI=1S/C2H6N2S.C2H4O2/c1-5-2(3)4;1-2(3)4/h1H3,(H3,3,4);1H3,(H,3,4). The number of amidine groups is 1. The van der Waals surface area contributed by atoms with Crippen LogP contribution >= 0.6 is 11.8 Å². The molecule has 0 aliphatic rings. The maximum atomic E-state index is 9.00. The summed E-state index contributed by atoms with van der Waals surface area (Å²) < 4.78 is 0. The predicted octanol–water partition coefficient (Wildman–Crippen LogP) is 0.334. The topological polar surface area (TPSA) is 87.2 Å². The molecule has 0 rings (SSSR count). The molecule has 0 aromatic rings. The van der Waals surface area contributed by atoms with Gasteiger partial charge < -0.3 is 10.8 Å². The van der Waals surface area contributed by atoms with Gasteiger partial charge in [-0.2, -0.15) is 0 Å². The van der Waals surface area contributed by atoms with E-state index in [-0.39, 0.29) is 5.17 Å². The molecule has 0 amide bonds. The van der Waals surface area contributed by atoms with Gasteiger partial charge >= 0.3 is 0 Å². The second-order valence-electron chi connectivity index (χ2n) is 1.09. The Bertz CT molecular complexity index is 101. The van der Waals surface area contributed by atoms with Gasteiger partial charge in [-0.05, 0) is 6.26 Å². The van der Waals surface area contributed by atoms with Crippen LogP contribution in [-0.2, 0) is 4.79 Å². The predicted molar refractivity (Wildman–Crippen MR) is 38.7 cm³/mol. The lowest BCUT2D eigenvalue weighted by Crippen LogP contribution is -2.01. The number of thioether (sulfide) groups is 1. The summed E-state index contributed by atoms with van der Waals surface area (Å²) in [4.78, 5) is 9.00. The van der Waals surface area contributed by atoms with Crippen LogP contribution in [0.1, 0.15) is 6.92 Å². The smallest absolute Gasteiger partial charge is 0.300 e. The minimum atomic E-state index is -0.833. The highest BCUT2D eigenvalue weighted by molar-refractivity contribution is 8.13. The summed E-state index contributed by atoms with van der Waals surface area (Å²) in [6.45, 7) is 1.08. The van der Waals surface area contributed by atoms with Crippen molar-refractivity contribution in [3.05, 3.63) is 0 Å². The molecule has 0 radical (unpaired) electrons. The van der Waals surface area contributed by atoms with Crippen molar-refractivity contribution in [1.29, 1.82) is 5.41 Å². The number of nitrogens with two attached hydrogens (primary N) is 1. The van der Waals surface area contributed by atoms with Crippen LogP contribution in [0.3, 0.4) is 0 Å². The molecule has 4 nitrogen and oxygen atoms in total. The molecule has 0 heterocycles. The minimum absolute atomic E-state index is 0.171. The van der Waals surface area contributed by atoms with E-state index in [1.165, 1.54) is 11.8 Å². The van der Waals surface area contributed by atoms with Crippen LogP contribution in [-0.4, -0.2) is 22.5 Å². The molecular formula is C4H10N2O2S. The van der Waals surface area contributed by atoms with Gasteiger partial charge in [0.05, 0.1) is 0 Å². The molecule has 0 aromatic heterocycles. The van der Waals surface area contributed by atoms with E-state index in [1.807, 2.05) is 0 Å². The van der Waals surface area contributed by atoms with Crippen LogP contribution in [0.15, 0.2) is 0 Å². The van der Waals surface area contributed by atoms with Gasteiger partial charge in [0.15, 0.2) is 5.17 Å². The third-order valence-electron chi connectivity index (χ3n) is 0.220. The lowest BCUT2D eigenvalue weighted by molar-refractivity contribution is -0.134. The molecule has 0 saturated carbocycles. The number of hydrogen-bond acceptors (Lipinski definition) is 3. The Morgan fingerprint density at radius 3 is 1.89 bits per heavy atom. The number of carbonyl (C=O) groups is 1. The van der Waals surface area contributed by atoms with Crippen molar-refractivity contribution in [3.8, 4) is 0 Å². The van der Waals surface area contributed by atoms with Crippen molar-refractivity contribution in [2.24, 2.45) is 5.73 Å². The number of carboxylic acid groups (broad SMARTS) is 1. The van der Waals surface area contributed by atoms with Gasteiger partial charge in [-0.3, -0.25) is 10.2 Å². The maximum absolute atomic E-state index is 9.00. The molecule has 0 atom stereocenters. The molecule has 0 fully saturated rings. The highest BCUT2D eigenvalue weighted by Crippen LogP contribution is 1.83. The Labute approximate surface area is 57.9 Å². The second-order valence-corrected chi connectivity index (χ2v) is 1.94. The molecule has 5 heteroatoms. The van der Waals surface area contributed by atoms with E-state index in [0.717, 1.165) is 6.92 Å². The van der Waals surface area contributed by atoms with Crippen LogP contribution < -0.4 is 5.73 Å². The highest BCUT2D eigenvalue weighted by atomic mass is 32.2. The zero-order chi connectivity index (χ0) is 7.86. The average molecular weight is 150 g/mol. The highest BCUT2D eigenvalue weighted by Gasteiger charge is 1.71. The van der Waals surface area contributed by atoms with Crippen LogP contribution in [0.5, 0.6) is 0 Å². The van der Waals surface area contributed by atoms with Gasteiger partial charge in [0.25, 0.3) is 5.97 Å². The number of aliphatic carboxylic acids is 1. The van der Waals surface area contributed by atoms with Gasteiger partial charge in [0.1, 0.15) is 0 Å². The third kappa shape index (κ3) is 123. The Hall–Kier alpha value is -0.710. The van der Waals surface area contributed by atoms with Gasteiger partial charge in [0, 0.05) is 6.92 Å². The maximum Gasteiger partial charge on any atom is 0.300 e. The van der Waals surface area contributed by atoms with Gasteiger partial charge in [-0.25, -0.2) is 0 Å². The summed E-state index contributed by atoms with van der Waals surface area (Å²) in [7, 11) is 0. The van der Waals surface area contributed by atoms with Crippen molar-refractivity contribution in [2.75, 3.05) is 6.26 Å². The van der Waals surface area contributed by atoms with Crippen LogP contribution in [0.25, 0.3) is 0 Å². The molecule has 0 spiro atoms. The molecule has 0 unspecified atom stereocenters. The van der Waals surface area contributed by atoms with Crippen molar-refractivity contribution in [2.45, 2.75) is 6.92 Å². The lowest BCUT2D eigenvalue weighted by Gasteiger charge is -1.78. The van der Waals surface area contributed by atoms with E-state index in [0.29, 0.717) is 0 Å². The summed E-state index contributed by atoms with van der Waals surface area (Å²) in [6.07, 6.45) is 1.77. The molecule has 0 saturated heterocycles. The third-order valence-corrected chi connectivity index (χ3v) is 0.660. The summed E-state index contributed by atoms with van der Waals surface area (Å²) >= 11 is 1.24. The summed E-state index contributed by atoms with van der Waals surface area (Å²) in [5, 5.41) is 14.1. The number of carboxylic acids is 1. The van der Waals surface area contributed by atoms with Crippen molar-refractivity contribution >= 4 is 22.9 Å². The first kappa shape index (κ1) is 11.1. The average Bonchev–Trinajstić information content (AvgIpc) is 1.65. The van der Waals surface area contributed by atoms with Crippen LogP contribution in [0.4, 0.5) is 0 Å². The monoisotopic (exact) mass is 150 g/mol. The largest absolute Gasteiger partial charge is 0.481 e. The van der Waals surface area contributed by atoms with E-state index in [1.54, 1.807) is 6.26 Å². The van der Waals surface area contributed by atoms with E-state index >= 15 is 0 Å². The molecule has 0 aromatic carbocycles. The molecule has 0 aliphatic heterocycles. The summed E-state index contributed by atoms with van der Waals surface area (Å²) in [5.41, 5.74) is 4.84. The first-order valence-corrected chi connectivity index (χ1v) is 3.30. The van der Waals surface area contributed by atoms with E-state index < -0.39 is 5.97 Å². The normalized spacial score (nSPS) is 6.89. The fraction of sp³-hybridized carbons (Fsp3) is 0.500. The number of hydrogen-bond donors (Lipinski definition) is 3. The number of rotatable bonds is 0. The zero-order valence-electron chi connectivity index (χ0n) is 5.34. The Kier molecular flexibility index (Phi) is 9.02. The van der Waals surface area contributed by atoms with Crippen LogP contribution in [0, 0.1) is 5.41 Å². The second kappa shape index (κ2) is 7.29. The molecular weight excluding hydrogens is 140 g/mol. The minimum Gasteiger partial charge on any atom is -0.481 e. The molecule has 0 bridgehead atoms. The first-order valence-electron chi connectivity index (χ1n) is 2.08. The number of nitrogens with one attached hydrogen (secondary N) is 1. The zero-order valence-corrected chi connectivity index (χ0v) is 6.16. The van der Waals surface area contributed by atoms with Gasteiger partial charge in [0.2, 0.25) is 0 Å². The fourth-order valence-corrected chi connectivity index (χ4v) is 0. The summed E-state index contributed by atoms with van der Waals surface area (Å²) in [5.74, 6) is -0.833. The Balaban J connectivity index is 0. The quantitative estimate of drug-likeness (QED) is 0.343. The van der Waals surface area contributed by atoms with E-state index in [4.69, 9.17) is 21.0 Å². The molecule has 9 heavy (non-hydrogen) atoms. The van der Waals surface area contributed by atoms with E-state index in [2.05, 4.69) is 0 Å². The molecule has 4 N–H and O–H groups in total.